The van der Waals surface area contributed by atoms with Crippen LogP contribution in [0.3, 0.4) is 0 Å². The maximum atomic E-state index is 12.8. The Labute approximate surface area is 164 Å². The number of carbonyl (C=O) groups is 1. The van der Waals surface area contributed by atoms with Gasteiger partial charge < -0.3 is 10.1 Å². The van der Waals surface area contributed by atoms with Crippen molar-refractivity contribution in [3.8, 4) is 11.8 Å². The number of nitriles is 1. The fourth-order valence-electron chi connectivity index (χ4n) is 2.75. The molecule has 0 saturated carbocycles. The number of amides is 1. The average molecular weight is 396 g/mol. The highest BCUT2D eigenvalue weighted by Gasteiger charge is 2.30. The van der Waals surface area contributed by atoms with Crippen LogP contribution in [0.2, 0.25) is 0 Å². The minimum atomic E-state index is -4.53. The first-order valence-electron chi connectivity index (χ1n) is 8.48. The lowest BCUT2D eigenvalue weighted by Gasteiger charge is -2.09. The van der Waals surface area contributed by atoms with E-state index in [-0.39, 0.29) is 11.3 Å². The molecule has 0 spiro atoms. The number of hydrogen-bond acceptors (Lipinski definition) is 3. The molecule has 0 heterocycles. The Kier molecular flexibility index (Phi) is 5.55. The summed E-state index contributed by atoms with van der Waals surface area (Å²) >= 11 is 0. The standard InChI is InChI=1S/C22H15F3N2O2/c1-29-20-8-7-15-9-14(5-6-16(15)11-20)10-17(13-26)21(28)27-19-4-2-3-18(12-19)22(23,24)25/h2-12H,1H3,(H,27,28)/b17-10+. The minimum absolute atomic E-state index is 0.0448. The first-order valence-corrected chi connectivity index (χ1v) is 8.48. The average Bonchev–Trinajstić information content (AvgIpc) is 2.71. The van der Waals surface area contributed by atoms with Crippen LogP contribution < -0.4 is 10.1 Å². The highest BCUT2D eigenvalue weighted by Crippen LogP contribution is 2.30. The molecule has 0 fully saturated rings. The predicted octanol–water partition coefficient (Wildman–Crippen LogP) is 5.41. The molecule has 0 bridgehead atoms. The smallest absolute Gasteiger partial charge is 0.416 e. The van der Waals surface area contributed by atoms with E-state index in [9.17, 15) is 23.2 Å². The van der Waals surface area contributed by atoms with Gasteiger partial charge in [0.05, 0.1) is 12.7 Å². The van der Waals surface area contributed by atoms with Gasteiger partial charge in [-0.1, -0.05) is 24.3 Å². The predicted molar refractivity (Wildman–Crippen MR) is 104 cm³/mol. The second-order valence-corrected chi connectivity index (χ2v) is 6.18. The first-order chi connectivity index (χ1) is 13.8. The van der Waals surface area contributed by atoms with E-state index in [1.54, 1.807) is 31.4 Å². The van der Waals surface area contributed by atoms with Crippen LogP contribution in [0.25, 0.3) is 16.8 Å². The second-order valence-electron chi connectivity index (χ2n) is 6.18. The lowest BCUT2D eigenvalue weighted by molar-refractivity contribution is -0.137. The summed E-state index contributed by atoms with van der Waals surface area (Å²) in [5.41, 5.74) is -0.548. The third-order valence-corrected chi connectivity index (χ3v) is 4.20. The zero-order chi connectivity index (χ0) is 21.0. The second kappa shape index (κ2) is 8.07. The Morgan fingerprint density at radius 2 is 1.79 bits per heavy atom. The summed E-state index contributed by atoms with van der Waals surface area (Å²) in [4.78, 5) is 12.4. The number of methoxy groups -OCH3 is 1. The molecule has 0 aromatic heterocycles. The number of carbonyl (C=O) groups excluding carboxylic acids is 1. The van der Waals surface area contributed by atoms with Gasteiger partial charge in [0, 0.05) is 5.69 Å². The zero-order valence-corrected chi connectivity index (χ0v) is 15.2. The van der Waals surface area contributed by atoms with Gasteiger partial charge in [0.2, 0.25) is 0 Å². The molecular weight excluding hydrogens is 381 g/mol. The molecule has 0 aliphatic carbocycles. The Balaban J connectivity index is 1.85. The summed E-state index contributed by atoms with van der Waals surface area (Å²) in [7, 11) is 1.57. The molecule has 0 aliphatic heterocycles. The lowest BCUT2D eigenvalue weighted by atomic mass is 10.0. The number of hydrogen-bond donors (Lipinski definition) is 1. The van der Waals surface area contributed by atoms with Crippen molar-refractivity contribution in [3.05, 3.63) is 77.4 Å². The van der Waals surface area contributed by atoms with Gasteiger partial charge in [-0.2, -0.15) is 18.4 Å². The maximum absolute atomic E-state index is 12.8. The van der Waals surface area contributed by atoms with Crippen molar-refractivity contribution >= 4 is 28.4 Å². The van der Waals surface area contributed by atoms with Gasteiger partial charge >= 0.3 is 6.18 Å². The number of rotatable bonds is 4. The number of benzene rings is 3. The lowest BCUT2D eigenvalue weighted by Crippen LogP contribution is -2.14. The molecule has 29 heavy (non-hydrogen) atoms. The van der Waals surface area contributed by atoms with Crippen molar-refractivity contribution < 1.29 is 22.7 Å². The molecule has 0 unspecified atom stereocenters. The molecule has 3 aromatic rings. The monoisotopic (exact) mass is 396 g/mol. The molecule has 0 radical (unpaired) electrons. The summed E-state index contributed by atoms with van der Waals surface area (Å²) in [6.45, 7) is 0. The van der Waals surface area contributed by atoms with Crippen LogP contribution in [0.5, 0.6) is 5.75 Å². The van der Waals surface area contributed by atoms with E-state index < -0.39 is 17.6 Å². The first kappa shape index (κ1) is 20.0. The number of anilines is 1. The van der Waals surface area contributed by atoms with E-state index in [1.165, 1.54) is 18.2 Å². The third kappa shape index (κ3) is 4.74. The van der Waals surface area contributed by atoms with Gasteiger partial charge in [0.1, 0.15) is 17.4 Å². The van der Waals surface area contributed by atoms with Gasteiger partial charge in [0.25, 0.3) is 5.91 Å². The van der Waals surface area contributed by atoms with E-state index in [0.717, 1.165) is 22.9 Å². The molecule has 146 valence electrons. The van der Waals surface area contributed by atoms with Crippen molar-refractivity contribution in [1.29, 1.82) is 5.26 Å². The van der Waals surface area contributed by atoms with Gasteiger partial charge in [-0.25, -0.2) is 0 Å². The van der Waals surface area contributed by atoms with Crippen molar-refractivity contribution in [2.24, 2.45) is 0 Å². The number of halogens is 3. The topological polar surface area (TPSA) is 62.1 Å². The molecule has 0 aliphatic rings. The van der Waals surface area contributed by atoms with Crippen LogP contribution in [0.1, 0.15) is 11.1 Å². The Bertz CT molecular complexity index is 1140. The van der Waals surface area contributed by atoms with Crippen LogP contribution in [-0.2, 0) is 11.0 Å². The largest absolute Gasteiger partial charge is 0.497 e. The summed E-state index contributed by atoms with van der Waals surface area (Å²) in [6.07, 6.45) is -3.14. The maximum Gasteiger partial charge on any atom is 0.416 e. The van der Waals surface area contributed by atoms with Crippen LogP contribution in [0, 0.1) is 11.3 Å². The Hall–Kier alpha value is -3.79. The Morgan fingerprint density at radius 1 is 1.07 bits per heavy atom. The van der Waals surface area contributed by atoms with Gasteiger partial charge in [-0.3, -0.25) is 4.79 Å². The molecule has 3 aromatic carbocycles. The fraction of sp³-hybridized carbons (Fsp3) is 0.0909. The SMILES string of the molecule is COc1ccc2cc(/C=C(\C#N)C(=O)Nc3cccc(C(F)(F)F)c3)ccc2c1. The number of nitrogens with one attached hydrogen (secondary N) is 1. The van der Waals surface area contributed by atoms with E-state index >= 15 is 0 Å². The zero-order valence-electron chi connectivity index (χ0n) is 15.2. The van der Waals surface area contributed by atoms with Gasteiger partial charge in [-0.05, 0) is 58.8 Å². The molecule has 4 nitrogen and oxygen atoms in total. The van der Waals surface area contributed by atoms with Crippen molar-refractivity contribution in [2.45, 2.75) is 6.18 Å². The highest BCUT2D eigenvalue weighted by molar-refractivity contribution is 6.09. The molecule has 7 heteroatoms. The molecular formula is C22H15F3N2O2. The van der Waals surface area contributed by atoms with Gasteiger partial charge in [0.15, 0.2) is 0 Å². The van der Waals surface area contributed by atoms with E-state index in [4.69, 9.17) is 4.74 Å². The summed E-state index contributed by atoms with van der Waals surface area (Å²) in [5, 5.41) is 13.5. The van der Waals surface area contributed by atoms with Crippen LogP contribution in [0.4, 0.5) is 18.9 Å². The third-order valence-electron chi connectivity index (χ3n) is 4.20. The number of alkyl halides is 3. The molecule has 1 amide bonds. The summed E-state index contributed by atoms with van der Waals surface area (Å²) in [5.74, 6) is -0.0828. The number of ether oxygens (including phenoxy) is 1. The van der Waals surface area contributed by atoms with Crippen LogP contribution in [0.15, 0.2) is 66.2 Å². The number of nitrogens with zero attached hydrogens (tertiary/aromatic N) is 1. The number of fused-ring (bicyclic) bond motifs is 1. The van der Waals surface area contributed by atoms with Crippen molar-refractivity contribution in [3.63, 3.8) is 0 Å². The quantitative estimate of drug-likeness (QED) is 0.474. The summed E-state index contributed by atoms with van der Waals surface area (Å²) < 4.78 is 43.6. The highest BCUT2D eigenvalue weighted by atomic mass is 19.4. The fourth-order valence-corrected chi connectivity index (χ4v) is 2.75. The molecule has 1 N–H and O–H groups in total. The van der Waals surface area contributed by atoms with E-state index in [1.807, 2.05) is 18.2 Å². The Morgan fingerprint density at radius 3 is 2.48 bits per heavy atom. The normalized spacial score (nSPS) is 11.8. The van der Waals surface area contributed by atoms with Crippen LogP contribution >= 0.6 is 0 Å². The molecule has 0 atom stereocenters. The van der Waals surface area contributed by atoms with Crippen molar-refractivity contribution in [1.82, 2.24) is 0 Å². The molecule has 3 rings (SSSR count). The van der Waals surface area contributed by atoms with Crippen LogP contribution in [-0.4, -0.2) is 13.0 Å². The molecule has 0 saturated heterocycles. The summed E-state index contributed by atoms with van der Waals surface area (Å²) in [6, 6.07) is 16.9. The van der Waals surface area contributed by atoms with Crippen molar-refractivity contribution in [2.75, 3.05) is 12.4 Å². The van der Waals surface area contributed by atoms with E-state index in [0.29, 0.717) is 11.3 Å². The van der Waals surface area contributed by atoms with E-state index in [2.05, 4.69) is 5.32 Å². The minimum Gasteiger partial charge on any atom is -0.497 e. The van der Waals surface area contributed by atoms with Gasteiger partial charge in [-0.15, -0.1) is 0 Å².